The topological polar surface area (TPSA) is 63.7 Å². The first-order chi connectivity index (χ1) is 13.3. The van der Waals surface area contributed by atoms with Gasteiger partial charge in [-0.1, -0.05) is 49.4 Å². The molecule has 0 saturated heterocycles. The predicted molar refractivity (Wildman–Crippen MR) is 112 cm³/mol. The summed E-state index contributed by atoms with van der Waals surface area (Å²) in [6.07, 6.45) is 2.05. The van der Waals surface area contributed by atoms with E-state index in [9.17, 15) is 13.2 Å². The maximum atomic E-state index is 12.8. The van der Waals surface area contributed by atoms with E-state index in [4.69, 9.17) is 4.18 Å². The number of nitrogens with zero attached hydrogens (tertiary/aromatic N) is 1. The molecule has 0 N–H and O–H groups in total. The van der Waals surface area contributed by atoms with Crippen molar-refractivity contribution in [2.75, 3.05) is 5.75 Å². The van der Waals surface area contributed by atoms with E-state index in [1.165, 1.54) is 6.92 Å². The Balaban J connectivity index is 2.04. The molecule has 0 radical (unpaired) electrons. The lowest BCUT2D eigenvalue weighted by Crippen LogP contribution is -2.37. The molecule has 0 aliphatic carbocycles. The summed E-state index contributed by atoms with van der Waals surface area (Å²) in [4.78, 5) is 14.7. The minimum atomic E-state index is -3.54. The van der Waals surface area contributed by atoms with E-state index in [-0.39, 0.29) is 23.5 Å². The first-order valence-corrected chi connectivity index (χ1v) is 11.3. The van der Waals surface area contributed by atoms with Crippen molar-refractivity contribution in [2.45, 2.75) is 52.6 Å². The van der Waals surface area contributed by atoms with Crippen LogP contribution in [-0.4, -0.2) is 31.0 Å². The van der Waals surface area contributed by atoms with E-state index in [0.717, 1.165) is 17.5 Å². The third-order valence-electron chi connectivity index (χ3n) is 4.77. The molecule has 0 aliphatic heterocycles. The number of carbonyl (C=O) groups is 1. The van der Waals surface area contributed by atoms with Crippen LogP contribution < -0.4 is 4.18 Å². The van der Waals surface area contributed by atoms with Crippen molar-refractivity contribution in [2.24, 2.45) is 0 Å². The summed E-state index contributed by atoms with van der Waals surface area (Å²) < 4.78 is 28.1. The van der Waals surface area contributed by atoms with Gasteiger partial charge in [0.2, 0.25) is 5.91 Å². The lowest BCUT2D eigenvalue weighted by atomic mass is 10.1. The van der Waals surface area contributed by atoms with Gasteiger partial charge in [-0.05, 0) is 49.9 Å². The average molecular weight is 404 g/mol. The monoisotopic (exact) mass is 403 g/mol. The van der Waals surface area contributed by atoms with Crippen LogP contribution in [0.3, 0.4) is 0 Å². The van der Waals surface area contributed by atoms with Gasteiger partial charge < -0.3 is 9.08 Å². The van der Waals surface area contributed by atoms with Crippen molar-refractivity contribution in [3.05, 3.63) is 65.7 Å². The Hall–Kier alpha value is -2.34. The molecule has 1 amide bonds. The third-order valence-corrected chi connectivity index (χ3v) is 5.92. The summed E-state index contributed by atoms with van der Waals surface area (Å²) in [5, 5.41) is 0. The molecule has 0 saturated carbocycles. The summed E-state index contributed by atoms with van der Waals surface area (Å²) in [6.45, 7) is 6.14. The van der Waals surface area contributed by atoms with E-state index in [1.54, 1.807) is 24.3 Å². The van der Waals surface area contributed by atoms with Gasteiger partial charge in [-0.2, -0.15) is 8.42 Å². The smallest absolute Gasteiger partial charge is 0.308 e. The van der Waals surface area contributed by atoms with Gasteiger partial charge in [0.15, 0.2) is 0 Å². The predicted octanol–water partition coefficient (Wildman–Crippen LogP) is 4.18. The Morgan fingerprint density at radius 2 is 1.64 bits per heavy atom. The normalized spacial score (nSPS) is 12.4. The molecule has 152 valence electrons. The molecule has 0 heterocycles. The third kappa shape index (κ3) is 6.68. The number of hydrogen-bond acceptors (Lipinski definition) is 4. The Morgan fingerprint density at radius 1 is 1.00 bits per heavy atom. The molecule has 2 aromatic rings. The van der Waals surface area contributed by atoms with Crippen LogP contribution in [-0.2, 0) is 27.9 Å². The van der Waals surface area contributed by atoms with Crippen molar-refractivity contribution in [3.63, 3.8) is 0 Å². The molecule has 6 heteroatoms. The van der Waals surface area contributed by atoms with E-state index in [0.29, 0.717) is 19.4 Å². The highest BCUT2D eigenvalue weighted by Gasteiger charge is 2.19. The summed E-state index contributed by atoms with van der Waals surface area (Å²) in [6, 6.07) is 17.0. The molecule has 5 nitrogen and oxygen atoms in total. The summed E-state index contributed by atoms with van der Waals surface area (Å²) in [7, 11) is -3.54. The van der Waals surface area contributed by atoms with Crippen LogP contribution in [0.15, 0.2) is 54.6 Å². The fraction of sp³-hybridized carbons (Fsp3) is 0.409. The minimum absolute atomic E-state index is 0.0769. The number of rotatable bonds is 10. The van der Waals surface area contributed by atoms with Crippen molar-refractivity contribution in [3.8, 4) is 5.75 Å². The summed E-state index contributed by atoms with van der Waals surface area (Å²) in [5.41, 5.74) is 2.09. The van der Waals surface area contributed by atoms with Crippen molar-refractivity contribution in [1.82, 2.24) is 4.90 Å². The highest BCUT2D eigenvalue weighted by molar-refractivity contribution is 7.87. The van der Waals surface area contributed by atoms with Crippen LogP contribution >= 0.6 is 0 Å². The molecule has 0 bridgehead atoms. The van der Waals surface area contributed by atoms with Gasteiger partial charge in [-0.3, -0.25) is 4.79 Å². The zero-order valence-electron chi connectivity index (χ0n) is 16.8. The maximum Gasteiger partial charge on any atom is 0.308 e. The Labute approximate surface area is 168 Å². The molecule has 1 atom stereocenters. The Morgan fingerprint density at radius 3 is 2.21 bits per heavy atom. The minimum Gasteiger partial charge on any atom is -0.382 e. The van der Waals surface area contributed by atoms with E-state index < -0.39 is 10.1 Å². The second-order valence-corrected chi connectivity index (χ2v) is 8.70. The van der Waals surface area contributed by atoms with Gasteiger partial charge in [0.25, 0.3) is 0 Å². The molecular weight excluding hydrogens is 374 g/mol. The van der Waals surface area contributed by atoms with E-state index in [1.807, 2.05) is 42.2 Å². The maximum absolute atomic E-state index is 12.8. The number of carbonyl (C=O) groups excluding carboxylic acids is 1. The van der Waals surface area contributed by atoms with E-state index in [2.05, 4.69) is 6.92 Å². The van der Waals surface area contributed by atoms with Gasteiger partial charge in [0, 0.05) is 19.0 Å². The molecule has 0 fully saturated rings. The molecule has 1 unspecified atom stereocenters. The first-order valence-electron chi connectivity index (χ1n) is 9.69. The zero-order valence-corrected chi connectivity index (χ0v) is 17.6. The fourth-order valence-electron chi connectivity index (χ4n) is 2.80. The van der Waals surface area contributed by atoms with Crippen molar-refractivity contribution >= 4 is 16.0 Å². The highest BCUT2D eigenvalue weighted by atomic mass is 32.2. The van der Waals surface area contributed by atoms with Crippen LogP contribution in [0.2, 0.25) is 0 Å². The molecule has 0 aliphatic rings. The standard InChI is InChI=1S/C22H29NO4S/c1-4-18(3)23(22(24)16-13-19-9-7-6-8-10-19)17-20-11-14-21(15-12-20)27-28(25,26)5-2/h6-12,14-15,18H,4-5,13,16-17H2,1-3H3. The lowest BCUT2D eigenvalue weighted by molar-refractivity contribution is -0.134. The number of aryl methyl sites for hydroxylation is 1. The number of amides is 1. The number of hydrogen-bond donors (Lipinski definition) is 0. The Bertz CT molecular complexity index is 848. The van der Waals surface area contributed by atoms with Gasteiger partial charge >= 0.3 is 10.1 Å². The first kappa shape index (κ1) is 22.0. The molecule has 0 aromatic heterocycles. The quantitative estimate of drug-likeness (QED) is 0.559. The van der Waals surface area contributed by atoms with Crippen LogP contribution in [0.1, 0.15) is 44.7 Å². The van der Waals surface area contributed by atoms with Crippen molar-refractivity contribution < 1.29 is 17.4 Å². The average Bonchev–Trinajstić information content (AvgIpc) is 2.71. The van der Waals surface area contributed by atoms with Gasteiger partial charge in [-0.25, -0.2) is 0 Å². The molecular formula is C22H29NO4S. The van der Waals surface area contributed by atoms with Crippen LogP contribution in [0, 0.1) is 0 Å². The summed E-state index contributed by atoms with van der Waals surface area (Å²) >= 11 is 0. The lowest BCUT2D eigenvalue weighted by Gasteiger charge is -2.29. The largest absolute Gasteiger partial charge is 0.382 e. The van der Waals surface area contributed by atoms with Crippen LogP contribution in [0.5, 0.6) is 5.75 Å². The van der Waals surface area contributed by atoms with Gasteiger partial charge in [0.05, 0.1) is 5.75 Å². The molecule has 2 rings (SSSR count). The van der Waals surface area contributed by atoms with Gasteiger partial charge in [0.1, 0.15) is 5.75 Å². The van der Waals surface area contributed by atoms with E-state index >= 15 is 0 Å². The molecule has 0 spiro atoms. The summed E-state index contributed by atoms with van der Waals surface area (Å²) in [5.74, 6) is 0.329. The Kier molecular flexibility index (Phi) is 8.05. The SMILES string of the molecule is CCC(C)N(Cc1ccc(OS(=O)(=O)CC)cc1)C(=O)CCc1ccccc1. The van der Waals surface area contributed by atoms with Crippen molar-refractivity contribution in [1.29, 1.82) is 0 Å². The van der Waals surface area contributed by atoms with Crippen LogP contribution in [0.25, 0.3) is 0 Å². The zero-order chi connectivity index (χ0) is 20.6. The second-order valence-electron chi connectivity index (χ2n) is 6.84. The molecule has 2 aromatic carbocycles. The fourth-order valence-corrected chi connectivity index (χ4v) is 3.32. The second kappa shape index (κ2) is 10.3. The number of benzene rings is 2. The molecule has 28 heavy (non-hydrogen) atoms. The van der Waals surface area contributed by atoms with Gasteiger partial charge in [-0.15, -0.1) is 0 Å². The van der Waals surface area contributed by atoms with Crippen LogP contribution in [0.4, 0.5) is 0 Å². The highest BCUT2D eigenvalue weighted by Crippen LogP contribution is 2.18.